The van der Waals surface area contributed by atoms with Crippen LogP contribution in [-0.4, -0.2) is 37.3 Å². The van der Waals surface area contributed by atoms with Gasteiger partial charge in [0.1, 0.15) is 5.82 Å². The molecule has 0 atom stereocenters. The summed E-state index contributed by atoms with van der Waals surface area (Å²) >= 11 is 1.44. The number of hydrogen-bond acceptors (Lipinski definition) is 4. The van der Waals surface area contributed by atoms with Gasteiger partial charge in [-0.15, -0.1) is 0 Å². The lowest BCUT2D eigenvalue weighted by Crippen LogP contribution is -2.29. The summed E-state index contributed by atoms with van der Waals surface area (Å²) in [6.45, 7) is 7.44. The van der Waals surface area contributed by atoms with Gasteiger partial charge in [0, 0.05) is 31.2 Å². The molecule has 0 radical (unpaired) electrons. The van der Waals surface area contributed by atoms with Crippen molar-refractivity contribution in [1.82, 2.24) is 24.4 Å². The second-order valence-corrected chi connectivity index (χ2v) is 8.23. The van der Waals surface area contributed by atoms with Crippen molar-refractivity contribution >= 4 is 28.7 Å². The first-order valence-corrected chi connectivity index (χ1v) is 10.9. The number of nitrogens with one attached hydrogen (secondary N) is 1. The molecule has 4 aromatic rings. The average Bonchev–Trinajstić information content (AvgIpc) is 3.33. The zero-order valence-corrected chi connectivity index (χ0v) is 18.2. The number of thioether (sulfide) groups is 1. The van der Waals surface area contributed by atoms with Gasteiger partial charge >= 0.3 is 0 Å². The minimum Gasteiger partial charge on any atom is -0.354 e. The number of amides is 1. The van der Waals surface area contributed by atoms with Gasteiger partial charge in [-0.05, 0) is 56.2 Å². The lowest BCUT2D eigenvalue weighted by Gasteiger charge is -2.10. The van der Waals surface area contributed by atoms with Crippen LogP contribution in [0.1, 0.15) is 17.0 Å². The van der Waals surface area contributed by atoms with Crippen molar-refractivity contribution in [2.45, 2.75) is 32.5 Å². The van der Waals surface area contributed by atoms with Crippen LogP contribution in [-0.2, 0) is 11.3 Å². The number of carbonyl (C=O) groups excluding carboxylic acids is 1. The highest BCUT2D eigenvalue weighted by Gasteiger charge is 2.11. The normalized spacial score (nSPS) is 11.2. The number of aryl methyl sites for hydroxylation is 3. The molecule has 30 heavy (non-hydrogen) atoms. The lowest BCUT2D eigenvalue weighted by atomic mass is 10.1. The topological polar surface area (TPSA) is 64.7 Å². The standard InChI is InChI=1S/C23H25N5OS/c1-16-8-9-19(14-17(16)2)28-13-11-25-23(28)30-15-22(29)24-10-12-27-18(3)26-20-6-4-5-7-21(20)27/h4-9,11,13-14H,10,12,15H2,1-3H3,(H,24,29). The minimum absolute atomic E-state index is 0.00305. The number of carbonyl (C=O) groups is 1. The third-order valence-electron chi connectivity index (χ3n) is 5.21. The number of fused-ring (bicyclic) bond motifs is 1. The Labute approximate surface area is 180 Å². The van der Waals surface area contributed by atoms with E-state index in [9.17, 15) is 4.79 Å². The van der Waals surface area contributed by atoms with Crippen LogP contribution in [0.2, 0.25) is 0 Å². The maximum atomic E-state index is 12.4. The summed E-state index contributed by atoms with van der Waals surface area (Å²) in [6, 6.07) is 14.4. The second kappa shape index (κ2) is 8.75. The van der Waals surface area contributed by atoms with Gasteiger partial charge in [-0.25, -0.2) is 9.97 Å². The molecule has 4 rings (SSSR count). The van der Waals surface area contributed by atoms with Gasteiger partial charge in [-0.2, -0.15) is 0 Å². The minimum atomic E-state index is -0.00305. The fourth-order valence-electron chi connectivity index (χ4n) is 3.43. The summed E-state index contributed by atoms with van der Waals surface area (Å²) in [4.78, 5) is 21.4. The molecule has 2 aromatic carbocycles. The monoisotopic (exact) mass is 419 g/mol. The highest BCUT2D eigenvalue weighted by atomic mass is 32.2. The second-order valence-electron chi connectivity index (χ2n) is 7.29. The molecular formula is C23H25N5OS. The van der Waals surface area contributed by atoms with Crippen LogP contribution < -0.4 is 5.32 Å². The van der Waals surface area contributed by atoms with Gasteiger partial charge < -0.3 is 9.88 Å². The molecule has 2 aromatic heterocycles. The molecule has 6 nitrogen and oxygen atoms in total. The molecule has 2 heterocycles. The lowest BCUT2D eigenvalue weighted by molar-refractivity contribution is -0.118. The molecule has 0 unspecified atom stereocenters. The smallest absolute Gasteiger partial charge is 0.230 e. The third kappa shape index (κ3) is 4.26. The van der Waals surface area contributed by atoms with E-state index in [-0.39, 0.29) is 5.91 Å². The molecule has 0 saturated heterocycles. The van der Waals surface area contributed by atoms with E-state index >= 15 is 0 Å². The summed E-state index contributed by atoms with van der Waals surface area (Å²) in [5.74, 6) is 1.28. The average molecular weight is 420 g/mol. The number of para-hydroxylation sites is 2. The van der Waals surface area contributed by atoms with Gasteiger partial charge in [-0.3, -0.25) is 9.36 Å². The molecule has 154 valence electrons. The predicted molar refractivity (Wildman–Crippen MR) is 121 cm³/mol. The third-order valence-corrected chi connectivity index (χ3v) is 6.18. The fraction of sp³-hybridized carbons (Fsp3) is 0.261. The molecule has 0 aliphatic carbocycles. The largest absolute Gasteiger partial charge is 0.354 e. The first-order chi connectivity index (χ1) is 14.5. The molecular weight excluding hydrogens is 394 g/mol. The first kappa shape index (κ1) is 20.2. The molecule has 0 bridgehead atoms. The van der Waals surface area contributed by atoms with Gasteiger partial charge in [0.05, 0.1) is 16.8 Å². The summed E-state index contributed by atoms with van der Waals surface area (Å²) in [7, 11) is 0. The van der Waals surface area contributed by atoms with Crippen LogP contribution >= 0.6 is 11.8 Å². The van der Waals surface area contributed by atoms with E-state index in [4.69, 9.17) is 0 Å². The number of imidazole rings is 2. The van der Waals surface area contributed by atoms with Crippen molar-refractivity contribution in [2.75, 3.05) is 12.3 Å². The van der Waals surface area contributed by atoms with E-state index in [1.165, 1.54) is 22.9 Å². The van der Waals surface area contributed by atoms with Crippen molar-refractivity contribution in [1.29, 1.82) is 0 Å². The van der Waals surface area contributed by atoms with E-state index in [1.54, 1.807) is 6.20 Å². The number of hydrogen-bond donors (Lipinski definition) is 1. The van der Waals surface area contributed by atoms with Gasteiger partial charge in [0.25, 0.3) is 0 Å². The predicted octanol–water partition coefficient (Wildman–Crippen LogP) is 4.06. The Balaban J connectivity index is 1.33. The van der Waals surface area contributed by atoms with E-state index < -0.39 is 0 Å². The van der Waals surface area contributed by atoms with Crippen LogP contribution in [0.3, 0.4) is 0 Å². The number of rotatable bonds is 7. The Morgan fingerprint density at radius 3 is 2.77 bits per heavy atom. The summed E-state index contributed by atoms with van der Waals surface area (Å²) in [5, 5.41) is 3.82. The highest BCUT2D eigenvalue weighted by Crippen LogP contribution is 2.22. The van der Waals surface area contributed by atoms with Crippen molar-refractivity contribution in [3.05, 3.63) is 71.8 Å². The Bertz CT molecular complexity index is 1190. The van der Waals surface area contributed by atoms with Gasteiger partial charge in [0.2, 0.25) is 5.91 Å². The Morgan fingerprint density at radius 1 is 1.10 bits per heavy atom. The maximum absolute atomic E-state index is 12.4. The number of benzene rings is 2. The Kier molecular flexibility index (Phi) is 5.90. The van der Waals surface area contributed by atoms with Crippen molar-refractivity contribution in [3.63, 3.8) is 0 Å². The van der Waals surface area contributed by atoms with Crippen LogP contribution in [0.4, 0.5) is 0 Å². The van der Waals surface area contributed by atoms with E-state index in [2.05, 4.69) is 58.0 Å². The zero-order valence-electron chi connectivity index (χ0n) is 17.4. The van der Waals surface area contributed by atoms with E-state index in [0.29, 0.717) is 18.8 Å². The SMILES string of the molecule is Cc1ccc(-n2ccnc2SCC(=O)NCCn2c(C)nc3ccccc32)cc1C. The summed E-state index contributed by atoms with van der Waals surface area (Å²) in [6.07, 6.45) is 3.69. The van der Waals surface area contributed by atoms with Crippen LogP contribution in [0.25, 0.3) is 16.7 Å². The number of nitrogens with zero attached hydrogens (tertiary/aromatic N) is 4. The van der Waals surface area contributed by atoms with Crippen LogP contribution in [0, 0.1) is 20.8 Å². The van der Waals surface area contributed by atoms with Crippen molar-refractivity contribution in [3.8, 4) is 5.69 Å². The first-order valence-electron chi connectivity index (χ1n) is 9.95. The molecule has 0 aliphatic rings. The molecule has 7 heteroatoms. The molecule has 1 N–H and O–H groups in total. The Morgan fingerprint density at radius 2 is 1.93 bits per heavy atom. The molecule has 0 spiro atoms. The van der Waals surface area contributed by atoms with Gasteiger partial charge in [0.15, 0.2) is 5.16 Å². The van der Waals surface area contributed by atoms with E-state index in [1.807, 2.05) is 35.9 Å². The maximum Gasteiger partial charge on any atom is 0.230 e. The number of aromatic nitrogens is 4. The molecule has 0 aliphatic heterocycles. The molecule has 0 fully saturated rings. The molecule has 0 saturated carbocycles. The van der Waals surface area contributed by atoms with Crippen LogP contribution in [0.5, 0.6) is 0 Å². The van der Waals surface area contributed by atoms with Gasteiger partial charge in [-0.1, -0.05) is 30.0 Å². The van der Waals surface area contributed by atoms with Crippen molar-refractivity contribution < 1.29 is 4.79 Å². The summed E-state index contributed by atoms with van der Waals surface area (Å²) in [5.41, 5.74) is 5.62. The quantitative estimate of drug-likeness (QED) is 0.459. The highest BCUT2D eigenvalue weighted by molar-refractivity contribution is 7.99. The Hall–Kier alpha value is -3.06. The van der Waals surface area contributed by atoms with Crippen LogP contribution in [0.15, 0.2) is 60.0 Å². The van der Waals surface area contributed by atoms with E-state index in [0.717, 1.165) is 27.7 Å². The fourth-order valence-corrected chi connectivity index (χ4v) is 4.24. The summed E-state index contributed by atoms with van der Waals surface area (Å²) < 4.78 is 4.15. The van der Waals surface area contributed by atoms with Crippen molar-refractivity contribution in [2.24, 2.45) is 0 Å². The molecule has 1 amide bonds. The zero-order chi connectivity index (χ0) is 21.1.